The highest BCUT2D eigenvalue weighted by molar-refractivity contribution is 9.10. The second kappa shape index (κ2) is 5.00. The molecular formula is C15H10BrNO2S. The molecule has 20 heavy (non-hydrogen) atoms. The average Bonchev–Trinajstić information content (AvgIpc) is 2.83. The van der Waals surface area contributed by atoms with Crippen LogP contribution < -0.4 is 0 Å². The molecule has 0 aliphatic carbocycles. The number of benzene rings is 1. The molecule has 5 heteroatoms. The molecule has 1 aromatic carbocycles. The zero-order valence-corrected chi connectivity index (χ0v) is 13.0. The van der Waals surface area contributed by atoms with Crippen LogP contribution in [-0.2, 0) is 0 Å². The third-order valence-corrected chi connectivity index (χ3v) is 4.51. The molecule has 0 radical (unpaired) electrons. The van der Waals surface area contributed by atoms with Crippen molar-refractivity contribution in [3.8, 4) is 10.6 Å². The van der Waals surface area contributed by atoms with Gasteiger partial charge in [-0.05, 0) is 37.3 Å². The van der Waals surface area contributed by atoms with Crippen molar-refractivity contribution in [3.05, 3.63) is 51.3 Å². The predicted molar refractivity (Wildman–Crippen MR) is 84.5 cm³/mol. The van der Waals surface area contributed by atoms with Gasteiger partial charge in [0.2, 0.25) is 0 Å². The van der Waals surface area contributed by atoms with Crippen LogP contribution in [0.1, 0.15) is 15.2 Å². The number of carboxylic acid groups (broad SMARTS) is 1. The van der Waals surface area contributed by atoms with Crippen LogP contribution >= 0.6 is 27.3 Å². The van der Waals surface area contributed by atoms with Crippen LogP contribution in [0.15, 0.2) is 40.9 Å². The standard InChI is InChI=1S/C15H10BrNO2S/c1-8-2-5-14(20-8)13-7-11(15(18)19)10-4-3-9(16)6-12(10)17-13/h2-7H,1H3,(H,18,19). The van der Waals surface area contributed by atoms with Gasteiger partial charge < -0.3 is 5.11 Å². The Kier molecular flexibility index (Phi) is 3.31. The van der Waals surface area contributed by atoms with Crippen molar-refractivity contribution in [2.24, 2.45) is 0 Å². The minimum Gasteiger partial charge on any atom is -0.478 e. The molecule has 100 valence electrons. The first-order valence-corrected chi connectivity index (χ1v) is 7.56. The molecule has 0 fully saturated rings. The van der Waals surface area contributed by atoms with E-state index in [4.69, 9.17) is 0 Å². The summed E-state index contributed by atoms with van der Waals surface area (Å²) in [6.45, 7) is 2.02. The van der Waals surface area contributed by atoms with Crippen LogP contribution in [0.3, 0.4) is 0 Å². The highest BCUT2D eigenvalue weighted by Gasteiger charge is 2.14. The van der Waals surface area contributed by atoms with Gasteiger partial charge in [0.05, 0.1) is 21.7 Å². The van der Waals surface area contributed by atoms with Crippen LogP contribution in [0.25, 0.3) is 21.5 Å². The van der Waals surface area contributed by atoms with Crippen LogP contribution in [-0.4, -0.2) is 16.1 Å². The summed E-state index contributed by atoms with van der Waals surface area (Å²) in [5.74, 6) is -0.936. The van der Waals surface area contributed by atoms with Crippen molar-refractivity contribution >= 4 is 44.1 Å². The van der Waals surface area contributed by atoms with E-state index in [1.807, 2.05) is 31.2 Å². The molecule has 0 amide bonds. The number of hydrogen-bond acceptors (Lipinski definition) is 3. The summed E-state index contributed by atoms with van der Waals surface area (Å²) in [4.78, 5) is 18.2. The summed E-state index contributed by atoms with van der Waals surface area (Å²) in [7, 11) is 0. The minimum absolute atomic E-state index is 0.281. The minimum atomic E-state index is -0.936. The van der Waals surface area contributed by atoms with E-state index in [1.165, 1.54) is 4.88 Å². The molecule has 2 heterocycles. The van der Waals surface area contributed by atoms with E-state index in [9.17, 15) is 9.90 Å². The van der Waals surface area contributed by atoms with Crippen molar-refractivity contribution in [1.29, 1.82) is 0 Å². The Morgan fingerprint density at radius 1 is 1.25 bits per heavy atom. The quantitative estimate of drug-likeness (QED) is 0.728. The summed E-state index contributed by atoms with van der Waals surface area (Å²) in [5, 5.41) is 10.0. The molecule has 0 aliphatic heterocycles. The number of rotatable bonds is 2. The number of carboxylic acids is 1. The van der Waals surface area contributed by atoms with E-state index >= 15 is 0 Å². The number of carbonyl (C=O) groups is 1. The molecule has 3 nitrogen and oxygen atoms in total. The number of aromatic nitrogens is 1. The second-order valence-electron chi connectivity index (χ2n) is 4.43. The molecule has 0 atom stereocenters. The average molecular weight is 348 g/mol. The van der Waals surface area contributed by atoms with Gasteiger partial charge in [0.1, 0.15) is 0 Å². The van der Waals surface area contributed by atoms with E-state index in [0.29, 0.717) is 16.6 Å². The van der Waals surface area contributed by atoms with Crippen molar-refractivity contribution < 1.29 is 9.90 Å². The number of aryl methyl sites for hydroxylation is 1. The number of fused-ring (bicyclic) bond motifs is 1. The SMILES string of the molecule is Cc1ccc(-c2cc(C(=O)O)c3ccc(Br)cc3n2)s1. The topological polar surface area (TPSA) is 50.2 Å². The monoisotopic (exact) mass is 347 g/mol. The van der Waals surface area contributed by atoms with Crippen molar-refractivity contribution in [2.45, 2.75) is 6.92 Å². The summed E-state index contributed by atoms with van der Waals surface area (Å²) >= 11 is 5.00. The number of thiophene rings is 1. The Hall–Kier alpha value is -1.72. The lowest BCUT2D eigenvalue weighted by atomic mass is 10.1. The number of pyridine rings is 1. The largest absolute Gasteiger partial charge is 0.478 e. The van der Waals surface area contributed by atoms with Gasteiger partial charge in [-0.1, -0.05) is 22.0 Å². The Morgan fingerprint density at radius 2 is 2.05 bits per heavy atom. The van der Waals surface area contributed by atoms with Crippen molar-refractivity contribution in [1.82, 2.24) is 4.98 Å². The van der Waals surface area contributed by atoms with Crippen LogP contribution in [0.4, 0.5) is 0 Å². The van der Waals surface area contributed by atoms with Crippen molar-refractivity contribution in [3.63, 3.8) is 0 Å². The summed E-state index contributed by atoms with van der Waals surface area (Å²) in [6, 6.07) is 11.1. The fourth-order valence-corrected chi connectivity index (χ4v) is 3.25. The van der Waals surface area contributed by atoms with Gasteiger partial charge in [0, 0.05) is 14.7 Å². The van der Waals surface area contributed by atoms with Crippen molar-refractivity contribution in [2.75, 3.05) is 0 Å². The maximum absolute atomic E-state index is 11.5. The first kappa shape index (κ1) is 13.3. The van der Waals surface area contributed by atoms with E-state index in [0.717, 1.165) is 9.35 Å². The van der Waals surface area contributed by atoms with Gasteiger partial charge in [0.25, 0.3) is 0 Å². The number of hydrogen-bond donors (Lipinski definition) is 1. The number of aromatic carboxylic acids is 1. The molecule has 2 aromatic heterocycles. The van der Waals surface area contributed by atoms with Gasteiger partial charge >= 0.3 is 5.97 Å². The maximum atomic E-state index is 11.5. The molecule has 0 saturated heterocycles. The molecular weight excluding hydrogens is 338 g/mol. The molecule has 0 saturated carbocycles. The smallest absolute Gasteiger partial charge is 0.336 e. The molecule has 3 aromatic rings. The second-order valence-corrected chi connectivity index (χ2v) is 6.64. The predicted octanol–water partition coefficient (Wildman–Crippen LogP) is 4.73. The van der Waals surface area contributed by atoms with Crippen LogP contribution in [0.5, 0.6) is 0 Å². The zero-order chi connectivity index (χ0) is 14.3. The fraction of sp³-hybridized carbons (Fsp3) is 0.0667. The van der Waals surface area contributed by atoms with Gasteiger partial charge in [-0.25, -0.2) is 9.78 Å². The maximum Gasteiger partial charge on any atom is 0.336 e. The Labute approximate surface area is 128 Å². The first-order valence-electron chi connectivity index (χ1n) is 5.95. The summed E-state index contributed by atoms with van der Waals surface area (Å²) < 4.78 is 0.883. The lowest BCUT2D eigenvalue weighted by molar-refractivity contribution is 0.0699. The fourth-order valence-electron chi connectivity index (χ4n) is 2.08. The summed E-state index contributed by atoms with van der Waals surface area (Å²) in [5.41, 5.74) is 1.66. The third-order valence-electron chi connectivity index (χ3n) is 3.00. The van der Waals surface area contributed by atoms with E-state index in [-0.39, 0.29) is 5.56 Å². The normalized spacial score (nSPS) is 10.9. The van der Waals surface area contributed by atoms with Gasteiger partial charge in [-0.2, -0.15) is 0 Å². The van der Waals surface area contributed by atoms with Crippen LogP contribution in [0, 0.1) is 6.92 Å². The van der Waals surface area contributed by atoms with Gasteiger partial charge in [0.15, 0.2) is 0 Å². The number of halogens is 1. The van der Waals surface area contributed by atoms with Gasteiger partial charge in [-0.15, -0.1) is 11.3 Å². The molecule has 0 spiro atoms. The first-order chi connectivity index (χ1) is 9.54. The van der Waals surface area contributed by atoms with E-state index < -0.39 is 5.97 Å². The molecule has 0 unspecified atom stereocenters. The lowest BCUT2D eigenvalue weighted by Gasteiger charge is -2.06. The van der Waals surface area contributed by atoms with Crippen LogP contribution in [0.2, 0.25) is 0 Å². The third kappa shape index (κ3) is 2.34. The Balaban J connectivity index is 2.32. The Morgan fingerprint density at radius 3 is 2.70 bits per heavy atom. The highest BCUT2D eigenvalue weighted by atomic mass is 79.9. The molecule has 0 bridgehead atoms. The molecule has 1 N–H and O–H groups in total. The summed E-state index contributed by atoms with van der Waals surface area (Å²) in [6.07, 6.45) is 0. The Bertz CT molecular complexity index is 826. The lowest BCUT2D eigenvalue weighted by Crippen LogP contribution is -1.99. The zero-order valence-electron chi connectivity index (χ0n) is 10.6. The van der Waals surface area contributed by atoms with E-state index in [1.54, 1.807) is 23.5 Å². The molecule has 0 aliphatic rings. The number of nitrogens with zero attached hydrogens (tertiary/aromatic N) is 1. The molecule has 3 rings (SSSR count). The van der Waals surface area contributed by atoms with E-state index in [2.05, 4.69) is 20.9 Å². The highest BCUT2D eigenvalue weighted by Crippen LogP contribution is 2.30. The van der Waals surface area contributed by atoms with Gasteiger partial charge in [-0.3, -0.25) is 0 Å².